The lowest BCUT2D eigenvalue weighted by molar-refractivity contribution is -0.142. The number of nitrogens with one attached hydrogen (secondary N) is 3. The molecular weight excluding hydrogens is 542 g/mol. The van der Waals surface area contributed by atoms with Crippen LogP contribution in [0.2, 0.25) is 0 Å². The summed E-state index contributed by atoms with van der Waals surface area (Å²) in [5.74, 6) is -3.65. The van der Waals surface area contributed by atoms with Gasteiger partial charge in [0.05, 0.1) is 6.04 Å². The maximum atomic E-state index is 13.4. The molecule has 0 bridgehead atoms. The molecule has 0 aliphatic heterocycles. The van der Waals surface area contributed by atoms with Gasteiger partial charge in [-0.05, 0) is 48.4 Å². The van der Waals surface area contributed by atoms with Crippen molar-refractivity contribution in [2.75, 3.05) is 6.54 Å². The zero-order valence-corrected chi connectivity index (χ0v) is 23.8. The second kappa shape index (κ2) is 16.6. The third-order valence-corrected chi connectivity index (χ3v) is 6.45. The van der Waals surface area contributed by atoms with Gasteiger partial charge >= 0.3 is 5.97 Å². The average molecular weight is 584 g/mol. The van der Waals surface area contributed by atoms with Crippen molar-refractivity contribution in [2.45, 2.75) is 63.7 Å². The number of hydrogen-bond donors (Lipinski definition) is 8. The van der Waals surface area contributed by atoms with Gasteiger partial charge in [-0.15, -0.1) is 0 Å². The van der Waals surface area contributed by atoms with Crippen molar-refractivity contribution in [2.24, 2.45) is 28.1 Å². The molecule has 2 aromatic carbocycles. The highest BCUT2D eigenvalue weighted by Gasteiger charge is 2.32. The Bertz CT molecular complexity index is 1220. The van der Waals surface area contributed by atoms with Gasteiger partial charge in [-0.2, -0.15) is 0 Å². The zero-order chi connectivity index (χ0) is 31.2. The maximum absolute atomic E-state index is 13.4. The zero-order valence-electron chi connectivity index (χ0n) is 23.8. The predicted octanol–water partition coefficient (Wildman–Crippen LogP) is -0.247. The number of aromatic hydroxyl groups is 1. The summed E-state index contributed by atoms with van der Waals surface area (Å²) in [6, 6.07) is 10.7. The Labute approximate surface area is 244 Å². The van der Waals surface area contributed by atoms with Crippen molar-refractivity contribution in [3.05, 3.63) is 65.7 Å². The van der Waals surface area contributed by atoms with Crippen molar-refractivity contribution in [3.8, 4) is 5.75 Å². The molecule has 4 atom stereocenters. The summed E-state index contributed by atoms with van der Waals surface area (Å²) in [6.07, 6.45) is 0.709. The Morgan fingerprint density at radius 3 is 1.98 bits per heavy atom. The van der Waals surface area contributed by atoms with Crippen LogP contribution in [0.4, 0.5) is 0 Å². The van der Waals surface area contributed by atoms with Crippen LogP contribution in [0.15, 0.2) is 59.6 Å². The highest BCUT2D eigenvalue weighted by atomic mass is 16.4. The van der Waals surface area contributed by atoms with Gasteiger partial charge in [0.25, 0.3) is 0 Å². The van der Waals surface area contributed by atoms with E-state index in [0.29, 0.717) is 12.0 Å². The molecule has 0 spiro atoms. The SMILES string of the molecule is CC(C)C(NC(=O)C(CCCN=C(N)N)NC(=O)C(N)Cc1ccccc1)C(=O)NC(Cc1ccc(O)cc1)C(=O)O. The first-order chi connectivity index (χ1) is 19.9. The van der Waals surface area contributed by atoms with E-state index in [4.69, 9.17) is 17.2 Å². The molecule has 11 N–H and O–H groups in total. The molecule has 0 fully saturated rings. The fourth-order valence-electron chi connectivity index (χ4n) is 4.13. The number of carbonyl (C=O) groups is 4. The molecule has 0 aliphatic rings. The third-order valence-electron chi connectivity index (χ3n) is 6.45. The van der Waals surface area contributed by atoms with E-state index in [1.165, 1.54) is 12.1 Å². The highest BCUT2D eigenvalue weighted by Crippen LogP contribution is 2.13. The van der Waals surface area contributed by atoms with Gasteiger partial charge in [-0.3, -0.25) is 19.4 Å². The van der Waals surface area contributed by atoms with Crippen LogP contribution in [-0.4, -0.2) is 70.6 Å². The first-order valence-corrected chi connectivity index (χ1v) is 13.6. The van der Waals surface area contributed by atoms with Crippen molar-refractivity contribution in [1.82, 2.24) is 16.0 Å². The Morgan fingerprint density at radius 2 is 1.40 bits per heavy atom. The molecule has 2 rings (SSSR count). The number of nitrogens with zero attached hydrogens (tertiary/aromatic N) is 1. The number of carboxylic acid groups (broad SMARTS) is 1. The van der Waals surface area contributed by atoms with Gasteiger partial charge in [-0.25, -0.2) is 4.79 Å². The molecule has 0 saturated carbocycles. The monoisotopic (exact) mass is 583 g/mol. The summed E-state index contributed by atoms with van der Waals surface area (Å²) in [5.41, 5.74) is 18.3. The van der Waals surface area contributed by atoms with Crippen LogP contribution in [0.25, 0.3) is 0 Å². The lowest BCUT2D eigenvalue weighted by atomic mass is 10.00. The van der Waals surface area contributed by atoms with E-state index in [9.17, 15) is 29.4 Å². The number of aliphatic carboxylic acids is 1. The lowest BCUT2D eigenvalue weighted by Gasteiger charge is -2.27. The number of nitrogens with two attached hydrogens (primary N) is 3. The predicted molar refractivity (Wildman–Crippen MR) is 158 cm³/mol. The van der Waals surface area contributed by atoms with Gasteiger partial charge in [0, 0.05) is 13.0 Å². The first kappa shape index (κ1) is 33.6. The number of aliphatic imine (C=N–C) groups is 1. The number of phenols is 1. The smallest absolute Gasteiger partial charge is 0.326 e. The van der Waals surface area contributed by atoms with Crippen LogP contribution in [0.5, 0.6) is 5.75 Å². The van der Waals surface area contributed by atoms with Gasteiger partial charge in [0.15, 0.2) is 5.96 Å². The topological polar surface area (TPSA) is 235 Å². The van der Waals surface area contributed by atoms with Crippen LogP contribution in [0, 0.1) is 5.92 Å². The standard InChI is InChI=1S/C29H41N7O6/c1-17(2)24(27(40)35-23(28(41)42)16-19-10-12-20(37)13-11-19)36-26(39)22(9-6-14-33-29(31)32)34-25(38)21(30)15-18-7-4-3-5-8-18/h3-5,7-8,10-13,17,21-24,37H,6,9,14-16,30H2,1-2H3,(H,34,38)(H,35,40)(H,36,39)(H,41,42)(H4,31,32,33). The maximum Gasteiger partial charge on any atom is 0.326 e. The van der Waals surface area contributed by atoms with E-state index < -0.39 is 53.8 Å². The Kier molecular flexibility index (Phi) is 13.2. The van der Waals surface area contributed by atoms with Gasteiger partial charge in [0.1, 0.15) is 23.9 Å². The van der Waals surface area contributed by atoms with Crippen molar-refractivity contribution in [3.63, 3.8) is 0 Å². The van der Waals surface area contributed by atoms with Gasteiger partial charge in [-0.1, -0.05) is 56.3 Å². The Hall–Kier alpha value is -4.65. The molecule has 42 heavy (non-hydrogen) atoms. The third kappa shape index (κ3) is 11.5. The molecule has 13 nitrogen and oxygen atoms in total. The molecule has 2 aromatic rings. The van der Waals surface area contributed by atoms with E-state index in [1.54, 1.807) is 26.0 Å². The minimum atomic E-state index is -1.29. The van der Waals surface area contributed by atoms with E-state index in [0.717, 1.165) is 5.56 Å². The number of carbonyl (C=O) groups excluding carboxylic acids is 3. The molecule has 0 radical (unpaired) electrons. The summed E-state index contributed by atoms with van der Waals surface area (Å²) >= 11 is 0. The quantitative estimate of drug-likeness (QED) is 0.0738. The van der Waals surface area contributed by atoms with Crippen LogP contribution in [0.1, 0.15) is 37.8 Å². The van der Waals surface area contributed by atoms with Crippen molar-refractivity contribution in [1.29, 1.82) is 0 Å². The van der Waals surface area contributed by atoms with E-state index in [1.807, 2.05) is 30.3 Å². The number of benzene rings is 2. The Balaban J connectivity index is 2.14. The van der Waals surface area contributed by atoms with Crippen molar-refractivity contribution >= 4 is 29.7 Å². The fraction of sp³-hybridized carbons (Fsp3) is 0.414. The van der Waals surface area contributed by atoms with Gasteiger partial charge in [0.2, 0.25) is 17.7 Å². The summed E-state index contributed by atoms with van der Waals surface area (Å²) in [4.78, 5) is 55.3. The molecule has 228 valence electrons. The van der Waals surface area contributed by atoms with Crippen molar-refractivity contribution < 1.29 is 29.4 Å². The Morgan fingerprint density at radius 1 is 0.810 bits per heavy atom. The lowest BCUT2D eigenvalue weighted by Crippen LogP contribution is -2.58. The molecule has 0 aliphatic carbocycles. The largest absolute Gasteiger partial charge is 0.508 e. The van der Waals surface area contributed by atoms with Crippen LogP contribution >= 0.6 is 0 Å². The minimum absolute atomic E-state index is 0.0261. The number of guanidine groups is 1. The summed E-state index contributed by atoms with van der Waals surface area (Å²) in [6.45, 7) is 3.61. The number of carboxylic acids is 1. The number of hydrogen-bond acceptors (Lipinski definition) is 7. The molecule has 0 saturated heterocycles. The molecule has 13 heteroatoms. The molecule has 4 unspecified atom stereocenters. The second-order valence-electron chi connectivity index (χ2n) is 10.3. The van der Waals surface area contributed by atoms with Gasteiger partial charge < -0.3 is 43.4 Å². The van der Waals surface area contributed by atoms with Crippen LogP contribution < -0.4 is 33.2 Å². The summed E-state index contributed by atoms with van der Waals surface area (Å²) in [7, 11) is 0. The first-order valence-electron chi connectivity index (χ1n) is 13.6. The number of amides is 3. The normalized spacial score (nSPS) is 13.7. The summed E-state index contributed by atoms with van der Waals surface area (Å²) in [5, 5.41) is 27.0. The summed E-state index contributed by atoms with van der Waals surface area (Å²) < 4.78 is 0. The average Bonchev–Trinajstić information content (AvgIpc) is 2.93. The molecule has 3 amide bonds. The molecular formula is C29H41N7O6. The fourth-order valence-corrected chi connectivity index (χ4v) is 4.13. The second-order valence-corrected chi connectivity index (χ2v) is 10.3. The molecule has 0 aromatic heterocycles. The van der Waals surface area contributed by atoms with Crippen LogP contribution in [-0.2, 0) is 32.0 Å². The van der Waals surface area contributed by atoms with Crippen LogP contribution in [0.3, 0.4) is 0 Å². The number of rotatable bonds is 16. The molecule has 0 heterocycles. The van der Waals surface area contributed by atoms with E-state index in [-0.39, 0.29) is 37.5 Å². The van der Waals surface area contributed by atoms with E-state index in [2.05, 4.69) is 20.9 Å². The van der Waals surface area contributed by atoms with E-state index >= 15 is 0 Å². The highest BCUT2D eigenvalue weighted by molar-refractivity contribution is 5.94. The number of phenolic OH excluding ortho intramolecular Hbond substituents is 1. The minimum Gasteiger partial charge on any atom is -0.508 e.